The standard InChI is InChI=1S/C18H20FNO3/c1-21-17-5-3-4-13(18(17)22-2)10-20-11-16(12-20)23-15-8-6-14(19)7-9-15/h3-9,16H,10-12H2,1-2H3. The normalized spacial score (nSPS) is 15.1. The van der Waals surface area contributed by atoms with Crippen LogP contribution < -0.4 is 14.2 Å². The number of rotatable bonds is 6. The van der Waals surface area contributed by atoms with Gasteiger partial charge >= 0.3 is 0 Å². The molecule has 0 spiro atoms. The highest BCUT2D eigenvalue weighted by molar-refractivity contribution is 5.46. The average molecular weight is 317 g/mol. The van der Waals surface area contributed by atoms with Crippen LogP contribution in [0.1, 0.15) is 5.56 Å². The second-order valence-electron chi connectivity index (χ2n) is 5.54. The predicted octanol–water partition coefficient (Wildman–Crippen LogP) is 3.11. The Hall–Kier alpha value is -2.27. The van der Waals surface area contributed by atoms with E-state index in [0.717, 1.165) is 36.7 Å². The zero-order valence-electron chi connectivity index (χ0n) is 13.3. The SMILES string of the molecule is COc1cccc(CN2CC(Oc3ccc(F)cc3)C2)c1OC. The molecular weight excluding hydrogens is 297 g/mol. The van der Waals surface area contributed by atoms with E-state index in [2.05, 4.69) is 4.90 Å². The highest BCUT2D eigenvalue weighted by Gasteiger charge is 2.29. The number of benzene rings is 2. The van der Waals surface area contributed by atoms with Gasteiger partial charge in [0.25, 0.3) is 0 Å². The maximum atomic E-state index is 12.9. The first-order chi connectivity index (χ1) is 11.2. The molecule has 2 aromatic rings. The Balaban J connectivity index is 1.55. The number of para-hydroxylation sites is 1. The lowest BCUT2D eigenvalue weighted by Crippen LogP contribution is -2.53. The molecule has 0 aliphatic carbocycles. The van der Waals surface area contributed by atoms with Crippen LogP contribution in [-0.4, -0.2) is 38.3 Å². The summed E-state index contributed by atoms with van der Waals surface area (Å²) in [4.78, 5) is 2.27. The number of hydrogen-bond donors (Lipinski definition) is 0. The van der Waals surface area contributed by atoms with Crippen LogP contribution >= 0.6 is 0 Å². The Morgan fingerprint density at radius 2 is 1.78 bits per heavy atom. The molecule has 0 unspecified atom stereocenters. The number of methoxy groups -OCH3 is 2. The summed E-state index contributed by atoms with van der Waals surface area (Å²) < 4.78 is 29.5. The summed E-state index contributed by atoms with van der Waals surface area (Å²) in [6.45, 7) is 2.44. The lowest BCUT2D eigenvalue weighted by Gasteiger charge is -2.39. The molecule has 0 bridgehead atoms. The van der Waals surface area contributed by atoms with E-state index in [4.69, 9.17) is 14.2 Å². The fraction of sp³-hybridized carbons (Fsp3) is 0.333. The van der Waals surface area contributed by atoms with Crippen LogP contribution in [0.3, 0.4) is 0 Å². The van der Waals surface area contributed by atoms with Crippen LogP contribution in [0.4, 0.5) is 4.39 Å². The molecule has 5 heteroatoms. The quantitative estimate of drug-likeness (QED) is 0.819. The molecular formula is C18H20FNO3. The third-order valence-corrected chi connectivity index (χ3v) is 3.92. The van der Waals surface area contributed by atoms with Gasteiger partial charge in [0.2, 0.25) is 0 Å². The maximum absolute atomic E-state index is 12.9. The molecule has 1 aliphatic heterocycles. The molecule has 0 radical (unpaired) electrons. The first-order valence-electron chi connectivity index (χ1n) is 7.54. The molecule has 0 atom stereocenters. The fourth-order valence-electron chi connectivity index (χ4n) is 2.75. The minimum Gasteiger partial charge on any atom is -0.493 e. The van der Waals surface area contributed by atoms with E-state index in [9.17, 15) is 4.39 Å². The summed E-state index contributed by atoms with van der Waals surface area (Å²) in [6.07, 6.45) is 0.136. The van der Waals surface area contributed by atoms with Gasteiger partial charge in [0.1, 0.15) is 17.7 Å². The van der Waals surface area contributed by atoms with Gasteiger partial charge in [-0.25, -0.2) is 4.39 Å². The molecule has 0 N–H and O–H groups in total. The lowest BCUT2D eigenvalue weighted by atomic mass is 10.1. The van der Waals surface area contributed by atoms with E-state index in [1.54, 1.807) is 26.4 Å². The second kappa shape index (κ2) is 6.87. The first kappa shape index (κ1) is 15.6. The van der Waals surface area contributed by atoms with E-state index >= 15 is 0 Å². The van der Waals surface area contributed by atoms with Gasteiger partial charge in [-0.15, -0.1) is 0 Å². The molecule has 0 saturated carbocycles. The van der Waals surface area contributed by atoms with Crippen molar-refractivity contribution in [3.63, 3.8) is 0 Å². The van der Waals surface area contributed by atoms with E-state index in [0.29, 0.717) is 5.75 Å². The van der Waals surface area contributed by atoms with Crippen molar-refractivity contribution in [3.8, 4) is 17.2 Å². The highest BCUT2D eigenvalue weighted by atomic mass is 19.1. The van der Waals surface area contributed by atoms with E-state index in [1.165, 1.54) is 12.1 Å². The van der Waals surface area contributed by atoms with Crippen molar-refractivity contribution in [2.24, 2.45) is 0 Å². The van der Waals surface area contributed by atoms with Crippen molar-refractivity contribution < 1.29 is 18.6 Å². The first-order valence-corrected chi connectivity index (χ1v) is 7.54. The number of likely N-dealkylation sites (tertiary alicyclic amines) is 1. The van der Waals surface area contributed by atoms with Gasteiger partial charge in [-0.3, -0.25) is 4.90 Å². The molecule has 1 saturated heterocycles. The molecule has 3 rings (SSSR count). The summed E-state index contributed by atoms with van der Waals surface area (Å²) in [5, 5.41) is 0. The molecule has 4 nitrogen and oxygen atoms in total. The highest BCUT2D eigenvalue weighted by Crippen LogP contribution is 2.32. The van der Waals surface area contributed by atoms with Crippen LogP contribution in [0.2, 0.25) is 0 Å². The molecule has 0 amide bonds. The van der Waals surface area contributed by atoms with Crippen molar-refractivity contribution in [3.05, 3.63) is 53.8 Å². The van der Waals surface area contributed by atoms with Crippen LogP contribution in [0, 0.1) is 5.82 Å². The minimum atomic E-state index is -0.252. The van der Waals surface area contributed by atoms with Gasteiger partial charge in [-0.2, -0.15) is 0 Å². The van der Waals surface area contributed by atoms with Crippen LogP contribution in [0.15, 0.2) is 42.5 Å². The lowest BCUT2D eigenvalue weighted by molar-refractivity contribution is 0.0141. The monoisotopic (exact) mass is 317 g/mol. The van der Waals surface area contributed by atoms with Crippen molar-refractivity contribution in [2.45, 2.75) is 12.6 Å². The fourth-order valence-corrected chi connectivity index (χ4v) is 2.75. The zero-order valence-corrected chi connectivity index (χ0v) is 13.3. The van der Waals surface area contributed by atoms with E-state index in [1.807, 2.05) is 18.2 Å². The Morgan fingerprint density at radius 1 is 1.04 bits per heavy atom. The van der Waals surface area contributed by atoms with Gasteiger partial charge in [0.05, 0.1) is 14.2 Å². The number of nitrogens with zero attached hydrogens (tertiary/aromatic N) is 1. The van der Waals surface area contributed by atoms with Crippen LogP contribution in [-0.2, 0) is 6.54 Å². The molecule has 0 aromatic heterocycles. The van der Waals surface area contributed by atoms with Crippen molar-refractivity contribution in [2.75, 3.05) is 27.3 Å². The van der Waals surface area contributed by atoms with Crippen LogP contribution in [0.5, 0.6) is 17.2 Å². The predicted molar refractivity (Wildman–Crippen MR) is 85.6 cm³/mol. The summed E-state index contributed by atoms with van der Waals surface area (Å²) in [5.41, 5.74) is 1.09. The Kier molecular flexibility index (Phi) is 4.67. The molecule has 1 fully saturated rings. The smallest absolute Gasteiger partial charge is 0.165 e. The van der Waals surface area contributed by atoms with E-state index in [-0.39, 0.29) is 11.9 Å². The maximum Gasteiger partial charge on any atom is 0.165 e. The van der Waals surface area contributed by atoms with Gasteiger partial charge in [-0.1, -0.05) is 12.1 Å². The Morgan fingerprint density at radius 3 is 2.43 bits per heavy atom. The average Bonchev–Trinajstić information content (AvgIpc) is 2.54. The van der Waals surface area contributed by atoms with Crippen molar-refractivity contribution >= 4 is 0 Å². The van der Waals surface area contributed by atoms with Crippen molar-refractivity contribution in [1.29, 1.82) is 0 Å². The molecule has 1 heterocycles. The minimum absolute atomic E-state index is 0.136. The summed E-state index contributed by atoms with van der Waals surface area (Å²) in [5.74, 6) is 1.97. The molecule has 122 valence electrons. The Bertz CT molecular complexity index is 654. The Labute approximate surface area is 135 Å². The molecule has 2 aromatic carbocycles. The van der Waals surface area contributed by atoms with Gasteiger partial charge in [0, 0.05) is 25.2 Å². The largest absolute Gasteiger partial charge is 0.493 e. The summed E-state index contributed by atoms with van der Waals surface area (Å²) in [6, 6.07) is 12.0. The van der Waals surface area contributed by atoms with Gasteiger partial charge in [-0.05, 0) is 30.3 Å². The third-order valence-electron chi connectivity index (χ3n) is 3.92. The summed E-state index contributed by atoms with van der Waals surface area (Å²) >= 11 is 0. The molecule has 1 aliphatic rings. The number of halogens is 1. The molecule has 23 heavy (non-hydrogen) atoms. The van der Waals surface area contributed by atoms with Crippen LogP contribution in [0.25, 0.3) is 0 Å². The van der Waals surface area contributed by atoms with Crippen molar-refractivity contribution in [1.82, 2.24) is 4.90 Å². The topological polar surface area (TPSA) is 30.9 Å². The van der Waals surface area contributed by atoms with Gasteiger partial charge < -0.3 is 14.2 Å². The van der Waals surface area contributed by atoms with E-state index < -0.39 is 0 Å². The van der Waals surface area contributed by atoms with Gasteiger partial charge in [0.15, 0.2) is 11.5 Å². The number of hydrogen-bond acceptors (Lipinski definition) is 4. The zero-order chi connectivity index (χ0) is 16.2. The second-order valence-corrected chi connectivity index (χ2v) is 5.54. The number of ether oxygens (including phenoxy) is 3. The summed E-state index contributed by atoms with van der Waals surface area (Å²) in [7, 11) is 3.29. The third kappa shape index (κ3) is 3.56.